The zero-order valence-electron chi connectivity index (χ0n) is 11.2. The Hall–Kier alpha value is -1.91. The molecule has 5 heteroatoms. The summed E-state index contributed by atoms with van der Waals surface area (Å²) in [5, 5.41) is 12.3. The fourth-order valence-corrected chi connectivity index (χ4v) is 2.82. The monoisotopic (exact) mass is 257 g/mol. The van der Waals surface area contributed by atoms with Crippen molar-refractivity contribution < 1.29 is 0 Å². The van der Waals surface area contributed by atoms with Crippen molar-refractivity contribution in [3.8, 4) is 11.4 Å². The standard InChI is InChI=1S/C14H19N5/c1-10-7-8-11(15)9-13(10)14-16-17-18-19(14)12-5-3-2-4-6-12/h7-9,12H,2-6,15H2,1H3. The molecule has 0 spiro atoms. The lowest BCUT2D eigenvalue weighted by molar-refractivity contribution is 0.327. The van der Waals surface area contributed by atoms with Gasteiger partial charge in [-0.1, -0.05) is 25.3 Å². The molecule has 1 aliphatic carbocycles. The molecule has 100 valence electrons. The number of aryl methyl sites for hydroxylation is 1. The smallest absolute Gasteiger partial charge is 0.182 e. The second-order valence-corrected chi connectivity index (χ2v) is 5.31. The topological polar surface area (TPSA) is 69.6 Å². The first-order valence-corrected chi connectivity index (χ1v) is 6.90. The van der Waals surface area contributed by atoms with Gasteiger partial charge in [-0.3, -0.25) is 0 Å². The number of tetrazole rings is 1. The normalized spacial score (nSPS) is 16.7. The number of nitrogens with zero attached hydrogens (tertiary/aromatic N) is 4. The molecule has 5 nitrogen and oxygen atoms in total. The summed E-state index contributed by atoms with van der Waals surface area (Å²) < 4.78 is 1.99. The van der Waals surface area contributed by atoms with Gasteiger partial charge >= 0.3 is 0 Å². The molecule has 1 aromatic heterocycles. The maximum absolute atomic E-state index is 5.88. The molecule has 1 aromatic carbocycles. The molecule has 2 N–H and O–H groups in total. The lowest BCUT2D eigenvalue weighted by atomic mass is 9.95. The van der Waals surface area contributed by atoms with E-state index in [0.717, 1.165) is 22.6 Å². The summed E-state index contributed by atoms with van der Waals surface area (Å²) in [5.74, 6) is 0.844. The van der Waals surface area contributed by atoms with Crippen LogP contribution in [0.5, 0.6) is 0 Å². The molecule has 0 radical (unpaired) electrons. The summed E-state index contributed by atoms with van der Waals surface area (Å²) in [4.78, 5) is 0. The van der Waals surface area contributed by atoms with Crippen LogP contribution in [0.4, 0.5) is 5.69 Å². The minimum Gasteiger partial charge on any atom is -0.399 e. The second kappa shape index (κ2) is 4.99. The van der Waals surface area contributed by atoms with Gasteiger partial charge in [-0.2, -0.15) is 0 Å². The first kappa shape index (κ1) is 12.1. The first-order chi connectivity index (χ1) is 9.25. The Bertz CT molecular complexity index is 569. The highest BCUT2D eigenvalue weighted by atomic mass is 15.5. The zero-order chi connectivity index (χ0) is 13.2. The summed E-state index contributed by atoms with van der Waals surface area (Å²) in [7, 11) is 0. The van der Waals surface area contributed by atoms with E-state index in [1.54, 1.807) is 0 Å². The number of anilines is 1. The molecule has 0 unspecified atom stereocenters. The summed E-state index contributed by atoms with van der Waals surface area (Å²) in [6, 6.07) is 6.32. The lowest BCUT2D eigenvalue weighted by Crippen LogP contribution is -2.15. The van der Waals surface area contributed by atoms with Crippen molar-refractivity contribution in [3.63, 3.8) is 0 Å². The van der Waals surface area contributed by atoms with Crippen LogP contribution in [-0.2, 0) is 0 Å². The van der Waals surface area contributed by atoms with E-state index >= 15 is 0 Å². The predicted octanol–water partition coefficient (Wildman–Crippen LogP) is 2.74. The van der Waals surface area contributed by atoms with Gasteiger partial charge in [0.2, 0.25) is 0 Å². The molecular weight excluding hydrogens is 238 g/mol. The van der Waals surface area contributed by atoms with E-state index in [0.29, 0.717) is 6.04 Å². The lowest BCUT2D eigenvalue weighted by Gasteiger charge is -2.22. The molecule has 19 heavy (non-hydrogen) atoms. The number of nitrogen functional groups attached to an aromatic ring is 1. The molecule has 1 fully saturated rings. The van der Waals surface area contributed by atoms with E-state index < -0.39 is 0 Å². The molecule has 3 rings (SSSR count). The number of benzene rings is 1. The third-order valence-corrected chi connectivity index (χ3v) is 3.92. The van der Waals surface area contributed by atoms with Crippen molar-refractivity contribution in [2.75, 3.05) is 5.73 Å². The van der Waals surface area contributed by atoms with E-state index in [2.05, 4.69) is 22.4 Å². The number of aromatic nitrogens is 4. The van der Waals surface area contributed by atoms with Gasteiger partial charge in [0.25, 0.3) is 0 Å². The minimum absolute atomic E-state index is 0.430. The van der Waals surface area contributed by atoms with Gasteiger partial charge in [-0.05, 0) is 47.9 Å². The fraction of sp³-hybridized carbons (Fsp3) is 0.500. The third kappa shape index (κ3) is 2.32. The van der Waals surface area contributed by atoms with Gasteiger partial charge in [0.05, 0.1) is 6.04 Å². The molecule has 1 aliphatic rings. The van der Waals surface area contributed by atoms with Gasteiger partial charge in [0, 0.05) is 11.3 Å². The van der Waals surface area contributed by atoms with Crippen molar-refractivity contribution >= 4 is 5.69 Å². The summed E-state index contributed by atoms with van der Waals surface area (Å²) in [6.45, 7) is 2.06. The number of rotatable bonds is 2. The van der Waals surface area contributed by atoms with Crippen molar-refractivity contribution in [2.24, 2.45) is 0 Å². The Kier molecular flexibility index (Phi) is 3.19. The SMILES string of the molecule is Cc1ccc(N)cc1-c1nnnn1C1CCCCC1. The van der Waals surface area contributed by atoms with Gasteiger partial charge in [-0.15, -0.1) is 5.10 Å². The zero-order valence-corrected chi connectivity index (χ0v) is 11.2. The maximum atomic E-state index is 5.88. The molecule has 1 heterocycles. The molecule has 0 atom stereocenters. The molecule has 1 saturated carbocycles. The highest BCUT2D eigenvalue weighted by Gasteiger charge is 2.21. The molecule has 0 bridgehead atoms. The molecule has 0 saturated heterocycles. The van der Waals surface area contributed by atoms with Crippen molar-refractivity contribution in [2.45, 2.75) is 45.1 Å². The second-order valence-electron chi connectivity index (χ2n) is 5.31. The average molecular weight is 257 g/mol. The summed E-state index contributed by atoms with van der Waals surface area (Å²) in [6.07, 6.45) is 6.18. The Balaban J connectivity index is 2.01. The maximum Gasteiger partial charge on any atom is 0.182 e. The molecule has 0 aliphatic heterocycles. The summed E-state index contributed by atoms with van der Waals surface area (Å²) >= 11 is 0. The van der Waals surface area contributed by atoms with Crippen LogP contribution in [-0.4, -0.2) is 20.2 Å². The number of hydrogen-bond acceptors (Lipinski definition) is 4. The van der Waals surface area contributed by atoms with E-state index in [1.807, 2.05) is 22.9 Å². The van der Waals surface area contributed by atoms with Crippen molar-refractivity contribution in [1.82, 2.24) is 20.2 Å². The fourth-order valence-electron chi connectivity index (χ4n) is 2.82. The molecule has 2 aromatic rings. The highest BCUT2D eigenvalue weighted by Crippen LogP contribution is 2.31. The molecule has 0 amide bonds. The Morgan fingerprint density at radius 3 is 2.79 bits per heavy atom. The van der Waals surface area contributed by atoms with Crippen molar-refractivity contribution in [3.05, 3.63) is 23.8 Å². The quantitative estimate of drug-likeness (QED) is 0.840. The van der Waals surface area contributed by atoms with Crippen LogP contribution >= 0.6 is 0 Å². The van der Waals surface area contributed by atoms with E-state index in [1.165, 1.54) is 32.1 Å². The first-order valence-electron chi connectivity index (χ1n) is 6.90. The molecular formula is C14H19N5. The Morgan fingerprint density at radius 2 is 2.00 bits per heavy atom. The van der Waals surface area contributed by atoms with Gasteiger partial charge < -0.3 is 5.73 Å². The minimum atomic E-state index is 0.430. The van der Waals surface area contributed by atoms with Gasteiger partial charge in [-0.25, -0.2) is 4.68 Å². The van der Waals surface area contributed by atoms with Crippen LogP contribution < -0.4 is 5.73 Å². The van der Waals surface area contributed by atoms with E-state index in [-0.39, 0.29) is 0 Å². The van der Waals surface area contributed by atoms with Gasteiger partial charge in [0.1, 0.15) is 0 Å². The van der Waals surface area contributed by atoms with E-state index in [4.69, 9.17) is 5.73 Å². The largest absolute Gasteiger partial charge is 0.399 e. The van der Waals surface area contributed by atoms with Crippen LogP contribution in [0.1, 0.15) is 43.7 Å². The number of nitrogens with two attached hydrogens (primary N) is 1. The van der Waals surface area contributed by atoms with Crippen LogP contribution in [0.2, 0.25) is 0 Å². The average Bonchev–Trinajstić information content (AvgIpc) is 2.91. The Labute approximate surface area is 112 Å². The highest BCUT2D eigenvalue weighted by molar-refractivity contribution is 5.65. The third-order valence-electron chi connectivity index (χ3n) is 3.92. The van der Waals surface area contributed by atoms with E-state index in [9.17, 15) is 0 Å². The number of hydrogen-bond donors (Lipinski definition) is 1. The Morgan fingerprint density at radius 1 is 1.21 bits per heavy atom. The van der Waals surface area contributed by atoms with Crippen molar-refractivity contribution in [1.29, 1.82) is 0 Å². The van der Waals surface area contributed by atoms with Gasteiger partial charge in [0.15, 0.2) is 5.82 Å². The van der Waals surface area contributed by atoms with Crippen LogP contribution in [0, 0.1) is 6.92 Å². The van der Waals surface area contributed by atoms with Crippen LogP contribution in [0.15, 0.2) is 18.2 Å². The summed E-state index contributed by atoms with van der Waals surface area (Å²) in [5.41, 5.74) is 8.82. The van der Waals surface area contributed by atoms with Crippen LogP contribution in [0.3, 0.4) is 0 Å². The predicted molar refractivity (Wildman–Crippen MR) is 74.5 cm³/mol. The van der Waals surface area contributed by atoms with Crippen LogP contribution in [0.25, 0.3) is 11.4 Å².